The molecular weight excluding hydrogens is 434 g/mol. The number of hydrogen-bond acceptors (Lipinski definition) is 3. The second-order valence-corrected chi connectivity index (χ2v) is 9.55. The van der Waals surface area contributed by atoms with Gasteiger partial charge in [-0.25, -0.2) is 4.98 Å². The van der Waals surface area contributed by atoms with Gasteiger partial charge in [0.05, 0.1) is 17.6 Å². The van der Waals surface area contributed by atoms with Crippen molar-refractivity contribution in [3.8, 4) is 5.75 Å². The van der Waals surface area contributed by atoms with Crippen LogP contribution in [0.5, 0.6) is 5.75 Å². The molecule has 186 valence electrons. The number of nitrogens with zero attached hydrogens (tertiary/aromatic N) is 2. The summed E-state index contributed by atoms with van der Waals surface area (Å²) in [6.45, 7) is 6.18. The molecule has 1 aliphatic carbocycles. The van der Waals surface area contributed by atoms with E-state index in [-0.39, 0.29) is 11.8 Å². The van der Waals surface area contributed by atoms with Gasteiger partial charge in [0.1, 0.15) is 11.6 Å². The van der Waals surface area contributed by atoms with Crippen molar-refractivity contribution >= 4 is 16.9 Å². The van der Waals surface area contributed by atoms with Gasteiger partial charge in [-0.05, 0) is 62.3 Å². The number of hydrogen-bond donors (Lipinski definition) is 1. The lowest BCUT2D eigenvalue weighted by Gasteiger charge is -2.20. The Hall–Kier alpha value is -3.08. The van der Waals surface area contributed by atoms with E-state index in [0.29, 0.717) is 6.61 Å². The Morgan fingerprint density at radius 3 is 2.71 bits per heavy atom. The smallest absolute Gasteiger partial charge is 0.223 e. The van der Waals surface area contributed by atoms with Gasteiger partial charge >= 0.3 is 0 Å². The van der Waals surface area contributed by atoms with Crippen LogP contribution in [0.25, 0.3) is 11.0 Å². The molecular formula is C30H39N3O2. The van der Waals surface area contributed by atoms with Gasteiger partial charge in [0, 0.05) is 25.4 Å². The Balaban J connectivity index is 1.27. The van der Waals surface area contributed by atoms with Crippen LogP contribution >= 0.6 is 0 Å². The highest BCUT2D eigenvalue weighted by Gasteiger charge is 2.20. The summed E-state index contributed by atoms with van der Waals surface area (Å²) >= 11 is 0. The molecule has 5 nitrogen and oxygen atoms in total. The average Bonchev–Trinajstić information content (AvgIpc) is 3.25. The first-order valence-corrected chi connectivity index (χ1v) is 13.3. The quantitative estimate of drug-likeness (QED) is 0.236. The van der Waals surface area contributed by atoms with Gasteiger partial charge in [0.2, 0.25) is 5.91 Å². The first-order valence-electron chi connectivity index (χ1n) is 13.3. The van der Waals surface area contributed by atoms with Gasteiger partial charge in [-0.3, -0.25) is 4.79 Å². The number of para-hydroxylation sites is 3. The highest BCUT2D eigenvalue weighted by molar-refractivity contribution is 5.78. The molecule has 0 radical (unpaired) electrons. The molecule has 1 saturated carbocycles. The number of amides is 1. The van der Waals surface area contributed by atoms with Gasteiger partial charge in [-0.1, -0.05) is 55.7 Å². The van der Waals surface area contributed by atoms with Crippen molar-refractivity contribution in [1.82, 2.24) is 14.9 Å². The number of carbonyl (C=O) groups is 1. The van der Waals surface area contributed by atoms with E-state index in [1.54, 1.807) is 0 Å². The maximum Gasteiger partial charge on any atom is 0.223 e. The summed E-state index contributed by atoms with van der Waals surface area (Å²) < 4.78 is 8.42. The van der Waals surface area contributed by atoms with E-state index in [4.69, 9.17) is 9.72 Å². The summed E-state index contributed by atoms with van der Waals surface area (Å²) in [5.41, 5.74) is 3.41. The number of imidazole rings is 1. The molecule has 0 spiro atoms. The van der Waals surface area contributed by atoms with E-state index in [1.165, 1.54) is 30.3 Å². The van der Waals surface area contributed by atoms with Crippen molar-refractivity contribution < 1.29 is 9.53 Å². The molecule has 0 atom stereocenters. The molecule has 1 aliphatic rings. The van der Waals surface area contributed by atoms with E-state index in [9.17, 15) is 4.79 Å². The standard InChI is InChI=1S/C30H39N3O2/c1-2-13-24-14-6-9-19-28(24)35-23-11-10-22-33-27-18-8-7-17-26(27)32-29(33)20-12-21-31-30(34)25-15-4-3-5-16-25/h2,6-9,14,17-19,25H,1,3-5,10-13,15-16,20-23H2,(H,31,34). The molecule has 0 saturated heterocycles. The highest BCUT2D eigenvalue weighted by Crippen LogP contribution is 2.24. The van der Waals surface area contributed by atoms with E-state index >= 15 is 0 Å². The largest absolute Gasteiger partial charge is 0.493 e. The van der Waals surface area contributed by atoms with Gasteiger partial charge in [0.15, 0.2) is 0 Å². The predicted octanol–water partition coefficient (Wildman–Crippen LogP) is 6.25. The van der Waals surface area contributed by atoms with Crippen LogP contribution in [0.3, 0.4) is 0 Å². The lowest BCUT2D eigenvalue weighted by molar-refractivity contribution is -0.125. The molecule has 1 amide bonds. The van der Waals surface area contributed by atoms with Crippen molar-refractivity contribution in [2.24, 2.45) is 5.92 Å². The Labute approximate surface area is 209 Å². The monoisotopic (exact) mass is 473 g/mol. The summed E-state index contributed by atoms with van der Waals surface area (Å²) in [7, 11) is 0. The zero-order valence-electron chi connectivity index (χ0n) is 20.9. The number of benzene rings is 2. The molecule has 1 heterocycles. The first-order chi connectivity index (χ1) is 17.3. The predicted molar refractivity (Wildman–Crippen MR) is 143 cm³/mol. The fourth-order valence-corrected chi connectivity index (χ4v) is 5.06. The van der Waals surface area contributed by atoms with Crippen LogP contribution in [-0.2, 0) is 24.2 Å². The third kappa shape index (κ3) is 6.97. The van der Waals surface area contributed by atoms with Gasteiger partial charge in [0.25, 0.3) is 0 Å². The van der Waals surface area contributed by atoms with Crippen molar-refractivity contribution in [2.45, 2.75) is 70.8 Å². The number of rotatable bonds is 13. The van der Waals surface area contributed by atoms with Crippen LogP contribution in [-0.4, -0.2) is 28.6 Å². The van der Waals surface area contributed by atoms with Crippen molar-refractivity contribution in [3.05, 3.63) is 72.6 Å². The number of ether oxygens (including phenoxy) is 1. The Morgan fingerprint density at radius 1 is 1.06 bits per heavy atom. The van der Waals surface area contributed by atoms with Gasteiger partial charge in [-0.2, -0.15) is 0 Å². The Bertz CT molecular complexity index is 1100. The molecule has 1 N–H and O–H groups in total. The second-order valence-electron chi connectivity index (χ2n) is 9.55. The van der Waals surface area contributed by atoms with Crippen LogP contribution in [0.15, 0.2) is 61.2 Å². The van der Waals surface area contributed by atoms with Crippen LogP contribution in [0.2, 0.25) is 0 Å². The number of fused-ring (bicyclic) bond motifs is 1. The highest BCUT2D eigenvalue weighted by atomic mass is 16.5. The van der Waals surface area contributed by atoms with Crippen molar-refractivity contribution in [1.29, 1.82) is 0 Å². The minimum absolute atomic E-state index is 0.222. The second kappa shape index (κ2) is 13.1. The number of aryl methyl sites for hydroxylation is 2. The summed E-state index contributed by atoms with van der Waals surface area (Å²) in [6, 6.07) is 16.5. The molecule has 0 unspecified atom stereocenters. The molecule has 3 aromatic rings. The summed E-state index contributed by atoms with van der Waals surface area (Å²) in [5, 5.41) is 3.17. The Morgan fingerprint density at radius 2 is 1.86 bits per heavy atom. The first kappa shape index (κ1) is 25.0. The van der Waals surface area contributed by atoms with Crippen LogP contribution in [0.4, 0.5) is 0 Å². The summed E-state index contributed by atoms with van der Waals surface area (Å²) in [4.78, 5) is 17.3. The summed E-state index contributed by atoms with van der Waals surface area (Å²) in [6.07, 6.45) is 12.3. The normalized spacial score (nSPS) is 14.2. The van der Waals surface area contributed by atoms with E-state index in [0.717, 1.165) is 75.1 Å². The minimum Gasteiger partial charge on any atom is -0.493 e. The minimum atomic E-state index is 0.222. The van der Waals surface area contributed by atoms with Crippen LogP contribution in [0, 0.1) is 5.92 Å². The molecule has 5 heteroatoms. The fourth-order valence-electron chi connectivity index (χ4n) is 5.06. The average molecular weight is 474 g/mol. The molecule has 0 bridgehead atoms. The molecule has 1 fully saturated rings. The van der Waals surface area contributed by atoms with Crippen molar-refractivity contribution in [3.63, 3.8) is 0 Å². The lowest BCUT2D eigenvalue weighted by Crippen LogP contribution is -2.32. The maximum absolute atomic E-state index is 12.4. The number of nitrogens with one attached hydrogen (secondary N) is 1. The van der Waals surface area contributed by atoms with Crippen LogP contribution < -0.4 is 10.1 Å². The SMILES string of the molecule is C=CCc1ccccc1OCCCCn1c(CCCNC(=O)C2CCCCC2)nc2ccccc21. The topological polar surface area (TPSA) is 56.1 Å². The fraction of sp³-hybridized carbons (Fsp3) is 0.467. The molecule has 35 heavy (non-hydrogen) atoms. The number of carbonyl (C=O) groups excluding carboxylic acids is 1. The molecule has 2 aromatic carbocycles. The number of aromatic nitrogens is 2. The van der Waals surface area contributed by atoms with E-state index < -0.39 is 0 Å². The molecule has 0 aliphatic heterocycles. The van der Waals surface area contributed by atoms with E-state index in [2.05, 4.69) is 40.7 Å². The van der Waals surface area contributed by atoms with E-state index in [1.807, 2.05) is 30.3 Å². The maximum atomic E-state index is 12.4. The Kier molecular flexibility index (Phi) is 9.39. The lowest BCUT2D eigenvalue weighted by atomic mass is 9.89. The third-order valence-electron chi connectivity index (χ3n) is 6.96. The van der Waals surface area contributed by atoms with Crippen molar-refractivity contribution in [2.75, 3.05) is 13.2 Å². The van der Waals surface area contributed by atoms with Gasteiger partial charge < -0.3 is 14.6 Å². The molecule has 1 aromatic heterocycles. The zero-order valence-corrected chi connectivity index (χ0v) is 20.9. The number of unbranched alkanes of at least 4 members (excludes halogenated alkanes) is 1. The third-order valence-corrected chi connectivity index (χ3v) is 6.96. The number of allylic oxidation sites excluding steroid dienone is 1. The molecule has 4 rings (SSSR count). The summed E-state index contributed by atoms with van der Waals surface area (Å²) in [5.74, 6) is 2.53. The van der Waals surface area contributed by atoms with Gasteiger partial charge in [-0.15, -0.1) is 6.58 Å². The zero-order chi connectivity index (χ0) is 24.3. The van der Waals surface area contributed by atoms with Crippen LogP contribution in [0.1, 0.15) is 62.8 Å².